The summed E-state index contributed by atoms with van der Waals surface area (Å²) in [6.07, 6.45) is -7.04. The Labute approximate surface area is 72.7 Å². The first kappa shape index (κ1) is 12.1. The van der Waals surface area contributed by atoms with Crippen LogP contribution < -0.4 is 0 Å². The summed E-state index contributed by atoms with van der Waals surface area (Å²) in [4.78, 5) is 0. The van der Waals surface area contributed by atoms with Crippen molar-refractivity contribution in [2.75, 3.05) is 0 Å². The third-order valence-electron chi connectivity index (χ3n) is 1.16. The zero-order valence-corrected chi connectivity index (χ0v) is 7.12. The van der Waals surface area contributed by atoms with Crippen LogP contribution in [0, 0.1) is 0 Å². The van der Waals surface area contributed by atoms with Crippen molar-refractivity contribution in [3.8, 4) is 0 Å². The highest BCUT2D eigenvalue weighted by Crippen LogP contribution is 2.30. The van der Waals surface area contributed by atoms with Gasteiger partial charge in [0.05, 0.1) is 5.57 Å². The van der Waals surface area contributed by atoms with Gasteiger partial charge in [-0.3, -0.25) is 0 Å². The Morgan fingerprint density at radius 1 is 1.08 bits per heavy atom. The van der Waals surface area contributed by atoms with Crippen molar-refractivity contribution in [1.29, 1.82) is 0 Å². The minimum atomic E-state index is -4.96. The molecule has 0 aliphatic heterocycles. The fourth-order valence-electron chi connectivity index (χ4n) is 0.547. The summed E-state index contributed by atoms with van der Waals surface area (Å²) in [5, 5.41) is 0. The Kier molecular flexibility index (Phi) is 4.10. The molecule has 0 saturated heterocycles. The van der Waals surface area contributed by atoms with Crippen LogP contribution in [0.2, 0.25) is 0 Å². The Morgan fingerprint density at radius 3 is 1.77 bits per heavy atom. The molecule has 0 aliphatic rings. The lowest BCUT2D eigenvalue weighted by atomic mass is 10.2. The molecule has 0 aliphatic carbocycles. The molecule has 0 fully saturated rings. The van der Waals surface area contributed by atoms with Gasteiger partial charge in [0.2, 0.25) is 0 Å². The molecule has 0 aromatic heterocycles. The van der Waals surface area contributed by atoms with Crippen molar-refractivity contribution < 1.29 is 22.0 Å². The zero-order valence-electron chi connectivity index (χ0n) is 7.12. The van der Waals surface area contributed by atoms with Crippen LogP contribution in [0.15, 0.2) is 23.3 Å². The minimum absolute atomic E-state index is 0.403. The molecule has 0 unspecified atom stereocenters. The summed E-state index contributed by atoms with van der Waals surface area (Å²) in [6.45, 7) is 3.05. The van der Waals surface area contributed by atoms with Crippen LogP contribution in [0.5, 0.6) is 0 Å². The average Bonchev–Trinajstić information content (AvgIpc) is 1.81. The van der Waals surface area contributed by atoms with Crippen molar-refractivity contribution >= 4 is 0 Å². The molecule has 5 heteroatoms. The second kappa shape index (κ2) is 4.39. The van der Waals surface area contributed by atoms with E-state index >= 15 is 0 Å². The molecular formula is C8H9F5. The first-order valence-corrected chi connectivity index (χ1v) is 3.45. The molecule has 76 valence electrons. The van der Waals surface area contributed by atoms with E-state index in [0.717, 1.165) is 6.08 Å². The van der Waals surface area contributed by atoms with E-state index in [-0.39, 0.29) is 0 Å². The van der Waals surface area contributed by atoms with Crippen molar-refractivity contribution in [1.82, 2.24) is 0 Å². The van der Waals surface area contributed by atoms with Crippen molar-refractivity contribution in [3.63, 3.8) is 0 Å². The maximum Gasteiger partial charge on any atom is 0.418 e. The molecule has 0 radical (unpaired) electrons. The van der Waals surface area contributed by atoms with Gasteiger partial charge in [0.1, 0.15) is 0 Å². The van der Waals surface area contributed by atoms with Gasteiger partial charge in [0.25, 0.3) is 6.43 Å². The second-order valence-electron chi connectivity index (χ2n) is 2.66. The molecule has 0 atom stereocenters. The van der Waals surface area contributed by atoms with E-state index in [1.165, 1.54) is 13.8 Å². The second-order valence-corrected chi connectivity index (χ2v) is 2.66. The molecule has 0 N–H and O–H groups in total. The average molecular weight is 200 g/mol. The van der Waals surface area contributed by atoms with Crippen LogP contribution in [-0.4, -0.2) is 12.6 Å². The van der Waals surface area contributed by atoms with Gasteiger partial charge in [-0.05, 0) is 19.9 Å². The van der Waals surface area contributed by atoms with Gasteiger partial charge >= 0.3 is 6.18 Å². The number of alkyl halides is 5. The Balaban J connectivity index is 4.83. The highest BCUT2D eigenvalue weighted by atomic mass is 19.4. The lowest BCUT2D eigenvalue weighted by Crippen LogP contribution is -2.17. The number of hydrogen-bond acceptors (Lipinski definition) is 0. The third kappa shape index (κ3) is 4.65. The summed E-state index contributed by atoms with van der Waals surface area (Å²) < 4.78 is 59.2. The standard InChI is InChI=1S/C8H9F5/c1-5(2)3-4-6(7(9)10)8(11,12)13/h3-4,7H,1-2H3. The molecule has 0 nitrogen and oxygen atoms in total. The molecular weight excluding hydrogens is 191 g/mol. The van der Waals surface area contributed by atoms with E-state index in [1.54, 1.807) is 0 Å². The normalized spacial score (nSPS) is 13.4. The number of allylic oxidation sites excluding steroid dienone is 4. The molecule has 0 bridgehead atoms. The predicted octanol–water partition coefficient (Wildman–Crippen LogP) is 3.71. The quantitative estimate of drug-likeness (QED) is 0.471. The lowest BCUT2D eigenvalue weighted by molar-refractivity contribution is -0.108. The third-order valence-corrected chi connectivity index (χ3v) is 1.16. The molecule has 0 heterocycles. The Bertz CT molecular complexity index is 217. The molecule has 0 amide bonds. The summed E-state index contributed by atoms with van der Waals surface area (Å²) in [5.41, 5.74) is -1.28. The van der Waals surface area contributed by atoms with Crippen molar-refractivity contribution in [2.45, 2.75) is 26.4 Å². The topological polar surface area (TPSA) is 0 Å². The van der Waals surface area contributed by atoms with Crippen molar-refractivity contribution in [2.24, 2.45) is 0 Å². The Hall–Kier alpha value is -0.870. The fourth-order valence-corrected chi connectivity index (χ4v) is 0.547. The first-order valence-electron chi connectivity index (χ1n) is 3.45. The molecule has 0 aromatic carbocycles. The largest absolute Gasteiger partial charge is 0.418 e. The summed E-state index contributed by atoms with van der Waals surface area (Å²) >= 11 is 0. The highest BCUT2D eigenvalue weighted by molar-refractivity contribution is 5.21. The van der Waals surface area contributed by atoms with E-state index in [1.807, 2.05) is 0 Å². The SMILES string of the molecule is CC(C)=CC=C(C(F)F)C(F)(F)F. The predicted molar refractivity (Wildman–Crippen MR) is 39.6 cm³/mol. The lowest BCUT2D eigenvalue weighted by Gasteiger charge is -2.09. The van der Waals surface area contributed by atoms with Gasteiger partial charge in [-0.1, -0.05) is 11.6 Å². The van der Waals surface area contributed by atoms with Crippen LogP contribution in [0.1, 0.15) is 13.8 Å². The molecule has 0 rings (SSSR count). The first-order chi connectivity index (χ1) is 5.75. The molecule has 0 spiro atoms. The fraction of sp³-hybridized carbons (Fsp3) is 0.500. The summed E-state index contributed by atoms with van der Waals surface area (Å²) in [5.74, 6) is 0. The van der Waals surface area contributed by atoms with Crippen molar-refractivity contribution in [3.05, 3.63) is 23.3 Å². The van der Waals surface area contributed by atoms with E-state index in [0.29, 0.717) is 11.6 Å². The number of hydrogen-bond donors (Lipinski definition) is 0. The molecule has 0 saturated carbocycles. The number of rotatable bonds is 2. The van der Waals surface area contributed by atoms with Crippen LogP contribution >= 0.6 is 0 Å². The van der Waals surface area contributed by atoms with Crippen LogP contribution in [0.25, 0.3) is 0 Å². The van der Waals surface area contributed by atoms with Gasteiger partial charge < -0.3 is 0 Å². The van der Waals surface area contributed by atoms with Gasteiger partial charge in [-0.25, -0.2) is 8.78 Å². The summed E-state index contributed by atoms with van der Waals surface area (Å²) in [7, 11) is 0. The van der Waals surface area contributed by atoms with E-state index < -0.39 is 18.2 Å². The van der Waals surface area contributed by atoms with E-state index in [9.17, 15) is 22.0 Å². The van der Waals surface area contributed by atoms with Gasteiger partial charge in [0.15, 0.2) is 0 Å². The maximum absolute atomic E-state index is 11.8. The van der Waals surface area contributed by atoms with E-state index in [2.05, 4.69) is 0 Å². The zero-order chi connectivity index (χ0) is 10.6. The minimum Gasteiger partial charge on any atom is -0.205 e. The Morgan fingerprint density at radius 2 is 1.54 bits per heavy atom. The van der Waals surface area contributed by atoms with Crippen LogP contribution in [0.4, 0.5) is 22.0 Å². The van der Waals surface area contributed by atoms with E-state index in [4.69, 9.17) is 0 Å². The summed E-state index contributed by atoms with van der Waals surface area (Å²) in [6, 6.07) is 0. The van der Waals surface area contributed by atoms with Crippen LogP contribution in [0.3, 0.4) is 0 Å². The molecule has 0 aromatic rings. The van der Waals surface area contributed by atoms with Gasteiger partial charge in [-0.15, -0.1) is 0 Å². The highest BCUT2D eigenvalue weighted by Gasteiger charge is 2.38. The van der Waals surface area contributed by atoms with Crippen LogP contribution in [-0.2, 0) is 0 Å². The van der Waals surface area contributed by atoms with Gasteiger partial charge in [-0.2, -0.15) is 13.2 Å². The molecule has 13 heavy (non-hydrogen) atoms. The van der Waals surface area contributed by atoms with Gasteiger partial charge in [0, 0.05) is 0 Å². The number of halogens is 5. The monoisotopic (exact) mass is 200 g/mol. The maximum atomic E-state index is 11.8. The smallest absolute Gasteiger partial charge is 0.205 e.